The maximum atomic E-state index is 5.76. The Bertz CT molecular complexity index is 699. The van der Waals surface area contributed by atoms with Crippen LogP contribution in [0, 0.1) is 17.8 Å². The van der Waals surface area contributed by atoms with Crippen molar-refractivity contribution in [1.29, 1.82) is 0 Å². The molecule has 3 heterocycles. The summed E-state index contributed by atoms with van der Waals surface area (Å²) >= 11 is 1.69. The molecule has 2 aromatic rings. The highest BCUT2D eigenvalue weighted by molar-refractivity contribution is 7.16. The fraction of sp³-hybridized carbons (Fsp3) is 0.529. The van der Waals surface area contributed by atoms with Gasteiger partial charge in [0.25, 0.3) is 0 Å². The third-order valence-corrected chi connectivity index (χ3v) is 5.06. The quantitative estimate of drug-likeness (QED) is 0.816. The molecule has 1 saturated heterocycles. The van der Waals surface area contributed by atoms with E-state index in [1.807, 2.05) is 10.9 Å². The summed E-state index contributed by atoms with van der Waals surface area (Å²) in [5, 5.41) is 8.53. The Kier molecular flexibility index (Phi) is 3.96. The largest absolute Gasteiger partial charge is 0.376 e. The fourth-order valence-corrected chi connectivity index (χ4v) is 3.42. The molecule has 0 radical (unpaired) electrons. The Morgan fingerprint density at radius 1 is 1.27 bits per heavy atom. The number of rotatable bonds is 3. The zero-order chi connectivity index (χ0) is 14.8. The van der Waals surface area contributed by atoms with Crippen molar-refractivity contribution in [3.8, 4) is 22.4 Å². The van der Waals surface area contributed by atoms with Crippen LogP contribution < -0.4 is 0 Å². The molecule has 4 nitrogen and oxygen atoms in total. The molecule has 2 fully saturated rings. The average Bonchev–Trinajstić information content (AvgIpc) is 3.06. The summed E-state index contributed by atoms with van der Waals surface area (Å²) in [6.07, 6.45) is 8.38. The molecule has 22 heavy (non-hydrogen) atoms. The zero-order valence-electron chi connectivity index (χ0n) is 12.5. The van der Waals surface area contributed by atoms with Gasteiger partial charge in [0.15, 0.2) is 0 Å². The van der Waals surface area contributed by atoms with E-state index in [0.717, 1.165) is 35.0 Å². The van der Waals surface area contributed by atoms with Crippen LogP contribution in [0.15, 0.2) is 18.3 Å². The zero-order valence-corrected chi connectivity index (χ0v) is 13.3. The summed E-state index contributed by atoms with van der Waals surface area (Å²) in [7, 11) is 0. The molecule has 0 spiro atoms. The normalized spacial score (nSPS) is 21.4. The molecule has 4 rings (SSSR count). The third-order valence-electron chi connectivity index (χ3n) is 4.04. The monoisotopic (exact) mass is 313 g/mol. The second-order valence-corrected chi connectivity index (χ2v) is 7.11. The van der Waals surface area contributed by atoms with Gasteiger partial charge in [-0.3, -0.25) is 0 Å². The van der Waals surface area contributed by atoms with Crippen molar-refractivity contribution in [3.05, 3.63) is 23.2 Å². The molecule has 0 N–H and O–H groups in total. The van der Waals surface area contributed by atoms with Crippen molar-refractivity contribution in [1.82, 2.24) is 15.0 Å². The van der Waals surface area contributed by atoms with Gasteiger partial charge in [0.1, 0.15) is 5.69 Å². The lowest BCUT2D eigenvalue weighted by Crippen LogP contribution is -2.24. The highest BCUT2D eigenvalue weighted by atomic mass is 32.1. The van der Waals surface area contributed by atoms with Crippen LogP contribution in [-0.2, 0) is 11.3 Å². The summed E-state index contributed by atoms with van der Waals surface area (Å²) < 4.78 is 7.66. The van der Waals surface area contributed by atoms with Gasteiger partial charge in [-0.15, -0.1) is 16.4 Å². The standard InChI is InChI=1S/C17H19N3OS/c1-2-10-21-14(3-1)11-20-12-16(18-19-20)17-9-8-15(22-17)7-6-13-4-5-13/h8-9,12-14H,1-5,10-11H2. The summed E-state index contributed by atoms with van der Waals surface area (Å²) in [6.45, 7) is 1.67. The molecule has 0 bridgehead atoms. The number of thiophene rings is 1. The Labute approximate surface area is 134 Å². The molecule has 1 saturated carbocycles. The van der Waals surface area contributed by atoms with Gasteiger partial charge < -0.3 is 4.74 Å². The van der Waals surface area contributed by atoms with Crippen LogP contribution in [0.25, 0.3) is 10.6 Å². The van der Waals surface area contributed by atoms with Crippen LogP contribution in [0.2, 0.25) is 0 Å². The van der Waals surface area contributed by atoms with Crippen molar-refractivity contribution in [2.24, 2.45) is 5.92 Å². The molecule has 1 aliphatic heterocycles. The molecule has 1 aliphatic carbocycles. The van der Waals surface area contributed by atoms with Crippen LogP contribution in [-0.4, -0.2) is 27.7 Å². The van der Waals surface area contributed by atoms with Gasteiger partial charge in [0.05, 0.1) is 28.6 Å². The number of hydrogen-bond acceptors (Lipinski definition) is 4. The molecule has 5 heteroatoms. The van der Waals surface area contributed by atoms with E-state index in [9.17, 15) is 0 Å². The minimum Gasteiger partial charge on any atom is -0.376 e. The smallest absolute Gasteiger partial charge is 0.123 e. The SMILES string of the molecule is C(#CC1CC1)c1ccc(-c2cn(CC3CCCCO3)nn2)s1. The third kappa shape index (κ3) is 3.40. The van der Waals surface area contributed by atoms with Crippen molar-refractivity contribution < 1.29 is 4.74 Å². The molecular weight excluding hydrogens is 294 g/mol. The number of nitrogens with zero attached hydrogens (tertiary/aromatic N) is 3. The first kappa shape index (κ1) is 14.0. The van der Waals surface area contributed by atoms with Crippen LogP contribution >= 0.6 is 11.3 Å². The van der Waals surface area contributed by atoms with E-state index in [2.05, 4.69) is 34.3 Å². The molecule has 2 aromatic heterocycles. The molecule has 1 unspecified atom stereocenters. The number of hydrogen-bond donors (Lipinski definition) is 0. The predicted octanol–water partition coefficient (Wildman–Crippen LogP) is 3.34. The van der Waals surface area contributed by atoms with Gasteiger partial charge in [-0.2, -0.15) is 0 Å². The van der Waals surface area contributed by atoms with Gasteiger partial charge in [-0.1, -0.05) is 17.1 Å². The first-order valence-electron chi connectivity index (χ1n) is 8.00. The van der Waals surface area contributed by atoms with Crippen LogP contribution in [0.3, 0.4) is 0 Å². The minimum atomic E-state index is 0.284. The Morgan fingerprint density at radius 2 is 2.23 bits per heavy atom. The Morgan fingerprint density at radius 3 is 3.05 bits per heavy atom. The van der Waals surface area contributed by atoms with Gasteiger partial charge in [-0.25, -0.2) is 4.68 Å². The van der Waals surface area contributed by atoms with Gasteiger partial charge in [-0.05, 0) is 44.2 Å². The number of ether oxygens (including phenoxy) is 1. The summed E-state index contributed by atoms with van der Waals surface area (Å²) in [5.74, 6) is 7.20. The van der Waals surface area contributed by atoms with Crippen molar-refractivity contribution >= 4 is 11.3 Å². The summed E-state index contributed by atoms with van der Waals surface area (Å²) in [6, 6.07) is 4.17. The number of aromatic nitrogens is 3. The van der Waals surface area contributed by atoms with E-state index < -0.39 is 0 Å². The lowest BCUT2D eigenvalue weighted by Gasteiger charge is -2.21. The second-order valence-electron chi connectivity index (χ2n) is 6.02. The van der Waals surface area contributed by atoms with Crippen LogP contribution in [0.4, 0.5) is 0 Å². The Balaban J connectivity index is 1.43. The van der Waals surface area contributed by atoms with E-state index in [1.54, 1.807) is 11.3 Å². The van der Waals surface area contributed by atoms with E-state index in [-0.39, 0.29) is 6.10 Å². The maximum absolute atomic E-state index is 5.76. The van der Waals surface area contributed by atoms with Gasteiger partial charge >= 0.3 is 0 Å². The fourth-order valence-electron chi connectivity index (χ4n) is 2.60. The van der Waals surface area contributed by atoms with Crippen LogP contribution in [0.5, 0.6) is 0 Å². The molecular formula is C17H19N3OS. The molecule has 1 atom stereocenters. The minimum absolute atomic E-state index is 0.284. The molecule has 0 aromatic carbocycles. The average molecular weight is 313 g/mol. The van der Waals surface area contributed by atoms with Crippen molar-refractivity contribution in [2.45, 2.75) is 44.8 Å². The molecule has 114 valence electrons. The van der Waals surface area contributed by atoms with Gasteiger partial charge in [0.2, 0.25) is 0 Å². The van der Waals surface area contributed by atoms with E-state index in [0.29, 0.717) is 5.92 Å². The Hall–Kier alpha value is -1.64. The summed E-state index contributed by atoms with van der Waals surface area (Å²) in [5.41, 5.74) is 0.931. The van der Waals surface area contributed by atoms with E-state index in [1.165, 1.54) is 25.7 Å². The molecule has 2 aliphatic rings. The van der Waals surface area contributed by atoms with Crippen LogP contribution in [0.1, 0.15) is 37.0 Å². The highest BCUT2D eigenvalue weighted by Gasteiger charge is 2.18. The molecule has 0 amide bonds. The van der Waals surface area contributed by atoms with E-state index in [4.69, 9.17) is 4.74 Å². The maximum Gasteiger partial charge on any atom is 0.123 e. The van der Waals surface area contributed by atoms with Gasteiger partial charge in [0, 0.05) is 12.5 Å². The second kappa shape index (κ2) is 6.23. The first-order chi connectivity index (χ1) is 10.9. The van der Waals surface area contributed by atoms with Crippen molar-refractivity contribution in [3.63, 3.8) is 0 Å². The van der Waals surface area contributed by atoms with E-state index >= 15 is 0 Å². The summed E-state index contributed by atoms with van der Waals surface area (Å²) in [4.78, 5) is 2.25. The highest BCUT2D eigenvalue weighted by Crippen LogP contribution is 2.29. The predicted molar refractivity (Wildman–Crippen MR) is 86.5 cm³/mol. The topological polar surface area (TPSA) is 39.9 Å². The van der Waals surface area contributed by atoms with Crippen molar-refractivity contribution in [2.75, 3.05) is 6.61 Å². The lowest BCUT2D eigenvalue weighted by atomic mass is 10.1. The lowest BCUT2D eigenvalue weighted by molar-refractivity contribution is 0.00370. The first-order valence-corrected chi connectivity index (χ1v) is 8.82.